The van der Waals surface area contributed by atoms with E-state index >= 15 is 0 Å². The van der Waals surface area contributed by atoms with Crippen LogP contribution >= 0.6 is 12.4 Å². The summed E-state index contributed by atoms with van der Waals surface area (Å²) in [4.78, 5) is 18.7. The number of aromatic hydroxyl groups is 1. The summed E-state index contributed by atoms with van der Waals surface area (Å²) in [6.45, 7) is 4.49. The Labute approximate surface area is 171 Å². The van der Waals surface area contributed by atoms with Crippen molar-refractivity contribution in [3.63, 3.8) is 0 Å². The van der Waals surface area contributed by atoms with Crippen molar-refractivity contribution in [3.8, 4) is 16.9 Å². The van der Waals surface area contributed by atoms with Crippen LogP contribution in [0.2, 0.25) is 0 Å². The molecule has 28 heavy (non-hydrogen) atoms. The number of benzene rings is 1. The van der Waals surface area contributed by atoms with Gasteiger partial charge in [0.1, 0.15) is 5.75 Å². The second kappa shape index (κ2) is 8.63. The van der Waals surface area contributed by atoms with E-state index in [-0.39, 0.29) is 24.1 Å². The summed E-state index contributed by atoms with van der Waals surface area (Å²) in [6.07, 6.45) is 3.40. The number of phenols is 1. The summed E-state index contributed by atoms with van der Waals surface area (Å²) < 4.78 is 7.27. The summed E-state index contributed by atoms with van der Waals surface area (Å²) in [5.41, 5.74) is 4.53. The van der Waals surface area contributed by atoms with E-state index in [4.69, 9.17) is 4.74 Å². The number of hydrogen-bond acceptors (Lipinski definition) is 5. The third-order valence-corrected chi connectivity index (χ3v) is 4.80. The third kappa shape index (κ3) is 3.70. The number of ether oxygens (including phenoxy) is 1. The van der Waals surface area contributed by atoms with E-state index in [2.05, 4.69) is 4.98 Å². The Bertz CT molecular complexity index is 998. The lowest BCUT2D eigenvalue weighted by atomic mass is 9.96. The highest BCUT2D eigenvalue weighted by molar-refractivity contribution is 6.09. The molecule has 0 aliphatic heterocycles. The topological polar surface area (TPSA) is 67.6 Å². The van der Waals surface area contributed by atoms with E-state index in [1.54, 1.807) is 19.3 Å². The molecule has 1 aromatic carbocycles. The van der Waals surface area contributed by atoms with Gasteiger partial charge in [-0.2, -0.15) is 0 Å². The smallest absolute Gasteiger partial charge is 0.340 e. The molecule has 0 radical (unpaired) electrons. The zero-order valence-electron chi connectivity index (χ0n) is 16.8. The first-order valence-corrected chi connectivity index (χ1v) is 8.92. The zero-order valence-corrected chi connectivity index (χ0v) is 17.6. The van der Waals surface area contributed by atoms with Crippen molar-refractivity contribution in [2.75, 3.05) is 20.7 Å². The molecule has 1 N–H and O–H groups in total. The number of carbonyl (C=O) groups is 1. The molecule has 7 heteroatoms. The maximum absolute atomic E-state index is 12.7. The summed E-state index contributed by atoms with van der Waals surface area (Å²) in [5, 5.41) is 11.9. The number of aryl methyl sites for hydroxylation is 1. The van der Waals surface area contributed by atoms with Gasteiger partial charge in [0.25, 0.3) is 0 Å². The summed E-state index contributed by atoms with van der Waals surface area (Å²) in [5.74, 6) is -0.185. The van der Waals surface area contributed by atoms with Crippen LogP contribution in [0.15, 0.2) is 30.6 Å². The number of aromatic nitrogens is 2. The van der Waals surface area contributed by atoms with Gasteiger partial charge >= 0.3 is 5.97 Å². The lowest BCUT2D eigenvalue weighted by molar-refractivity contribution is 0.0527. The van der Waals surface area contributed by atoms with Gasteiger partial charge in [0.2, 0.25) is 0 Å². The second-order valence-corrected chi connectivity index (χ2v) is 6.86. The fraction of sp³-hybridized carbons (Fsp3) is 0.333. The van der Waals surface area contributed by atoms with Gasteiger partial charge in [0.05, 0.1) is 17.7 Å². The Morgan fingerprint density at radius 1 is 1.29 bits per heavy atom. The summed E-state index contributed by atoms with van der Waals surface area (Å²) in [6, 6.07) is 5.65. The molecule has 3 rings (SSSR count). The molecule has 0 saturated heterocycles. The molecular formula is C21H26ClN3O3. The van der Waals surface area contributed by atoms with Crippen LogP contribution in [-0.2, 0) is 18.3 Å². The van der Waals surface area contributed by atoms with Crippen LogP contribution in [0.25, 0.3) is 22.0 Å². The van der Waals surface area contributed by atoms with E-state index in [1.165, 1.54) is 0 Å². The maximum Gasteiger partial charge on any atom is 0.340 e. The molecule has 3 aromatic rings. The first-order valence-electron chi connectivity index (χ1n) is 8.92. The van der Waals surface area contributed by atoms with E-state index in [9.17, 15) is 9.90 Å². The average Bonchev–Trinajstić information content (AvgIpc) is 2.89. The second-order valence-electron chi connectivity index (χ2n) is 6.86. The molecule has 0 bridgehead atoms. The van der Waals surface area contributed by atoms with Crippen LogP contribution in [0.3, 0.4) is 0 Å². The number of halogens is 1. The number of phenolic OH excluding ortho intramolecular Hbond substituents is 1. The minimum Gasteiger partial charge on any atom is -0.507 e. The summed E-state index contributed by atoms with van der Waals surface area (Å²) >= 11 is 0. The number of hydrogen-bond donors (Lipinski definition) is 1. The summed E-state index contributed by atoms with van der Waals surface area (Å²) in [7, 11) is 5.79. The highest BCUT2D eigenvalue weighted by Gasteiger charge is 2.26. The number of esters is 1. The molecule has 0 amide bonds. The van der Waals surface area contributed by atoms with Crippen molar-refractivity contribution in [2.45, 2.75) is 20.4 Å². The Hall–Kier alpha value is -2.57. The SMILES string of the molecule is CCOC(=O)c1c(C)n(C)c2cc(-c3ccncc3)c(O)c(CN(C)C)c12.Cl. The lowest BCUT2D eigenvalue weighted by Gasteiger charge is -2.17. The monoisotopic (exact) mass is 403 g/mol. The minimum atomic E-state index is -0.364. The van der Waals surface area contributed by atoms with Gasteiger partial charge in [-0.1, -0.05) is 0 Å². The largest absolute Gasteiger partial charge is 0.507 e. The number of carbonyl (C=O) groups excluding carboxylic acids is 1. The Kier molecular flexibility index (Phi) is 6.69. The van der Waals surface area contributed by atoms with E-state index in [0.29, 0.717) is 18.7 Å². The van der Waals surface area contributed by atoms with Crippen molar-refractivity contribution in [1.82, 2.24) is 14.5 Å². The average molecular weight is 404 g/mol. The van der Waals surface area contributed by atoms with Crippen molar-refractivity contribution in [3.05, 3.63) is 47.4 Å². The third-order valence-electron chi connectivity index (χ3n) is 4.80. The van der Waals surface area contributed by atoms with Crippen molar-refractivity contribution >= 4 is 29.3 Å². The van der Waals surface area contributed by atoms with E-state index in [0.717, 1.165) is 33.3 Å². The predicted octanol–water partition coefficient (Wildman–Crippen LogP) is 3.91. The zero-order chi connectivity index (χ0) is 19.7. The molecule has 0 aliphatic carbocycles. The standard InChI is InChI=1S/C21H25N3O3.ClH/c1-6-27-21(26)18-13(2)24(5)17-11-15(14-7-9-22-10-8-14)20(25)16(19(17)18)12-23(3)4;/h7-11,25H,6,12H2,1-5H3;1H. The number of fused-ring (bicyclic) bond motifs is 1. The van der Waals surface area contributed by atoms with Crippen LogP contribution < -0.4 is 0 Å². The highest BCUT2D eigenvalue weighted by Crippen LogP contribution is 2.41. The van der Waals surface area contributed by atoms with Crippen LogP contribution in [-0.4, -0.2) is 46.2 Å². The van der Waals surface area contributed by atoms with Gasteiger partial charge in [-0.3, -0.25) is 4.98 Å². The highest BCUT2D eigenvalue weighted by atomic mass is 35.5. The van der Waals surface area contributed by atoms with Gasteiger partial charge in [0, 0.05) is 48.2 Å². The number of rotatable bonds is 5. The molecule has 0 aliphatic rings. The van der Waals surface area contributed by atoms with Crippen molar-refractivity contribution < 1.29 is 14.6 Å². The number of pyridine rings is 1. The molecule has 0 spiro atoms. The first-order chi connectivity index (χ1) is 12.9. The fourth-order valence-electron chi connectivity index (χ4n) is 3.46. The van der Waals surface area contributed by atoms with Crippen LogP contribution in [0, 0.1) is 6.92 Å². The van der Waals surface area contributed by atoms with Crippen molar-refractivity contribution in [2.24, 2.45) is 7.05 Å². The first kappa shape index (κ1) is 21.7. The van der Waals surface area contributed by atoms with Gasteiger partial charge in [-0.15, -0.1) is 12.4 Å². The quantitative estimate of drug-likeness (QED) is 0.654. The van der Waals surface area contributed by atoms with E-state index in [1.807, 2.05) is 55.7 Å². The maximum atomic E-state index is 12.7. The molecule has 0 saturated carbocycles. The van der Waals surface area contributed by atoms with Gasteiger partial charge < -0.3 is 19.3 Å². The Morgan fingerprint density at radius 2 is 1.93 bits per heavy atom. The van der Waals surface area contributed by atoms with Gasteiger partial charge in [0.15, 0.2) is 0 Å². The fourth-order valence-corrected chi connectivity index (χ4v) is 3.46. The molecule has 0 fully saturated rings. The Morgan fingerprint density at radius 3 is 2.50 bits per heavy atom. The molecular weight excluding hydrogens is 378 g/mol. The number of nitrogens with zero attached hydrogens (tertiary/aromatic N) is 3. The minimum absolute atomic E-state index is 0. The lowest BCUT2D eigenvalue weighted by Crippen LogP contribution is -2.13. The van der Waals surface area contributed by atoms with Crippen LogP contribution in [0.5, 0.6) is 5.75 Å². The Balaban J connectivity index is 0.00000280. The molecule has 2 aromatic heterocycles. The van der Waals surface area contributed by atoms with Crippen LogP contribution in [0.1, 0.15) is 28.5 Å². The van der Waals surface area contributed by atoms with Crippen molar-refractivity contribution in [1.29, 1.82) is 0 Å². The predicted molar refractivity (Wildman–Crippen MR) is 113 cm³/mol. The van der Waals surface area contributed by atoms with Gasteiger partial charge in [-0.05, 0) is 51.7 Å². The van der Waals surface area contributed by atoms with Crippen LogP contribution in [0.4, 0.5) is 0 Å². The molecule has 0 atom stereocenters. The molecule has 6 nitrogen and oxygen atoms in total. The van der Waals surface area contributed by atoms with Gasteiger partial charge in [-0.25, -0.2) is 4.79 Å². The van der Waals surface area contributed by atoms with E-state index < -0.39 is 0 Å². The molecule has 0 unspecified atom stereocenters. The molecule has 2 heterocycles. The normalized spacial score (nSPS) is 10.9. The molecule has 150 valence electrons.